The average molecular weight is 311 g/mol. The fourth-order valence-electron chi connectivity index (χ4n) is 2.80. The van der Waals surface area contributed by atoms with E-state index in [1.807, 2.05) is 42.3 Å². The molecule has 2 aromatic carbocycles. The monoisotopic (exact) mass is 311 g/mol. The van der Waals surface area contributed by atoms with Crippen molar-refractivity contribution < 1.29 is 9.72 Å². The second-order valence-corrected chi connectivity index (χ2v) is 5.56. The Morgan fingerprint density at radius 2 is 2.00 bits per heavy atom. The number of nitro benzene ring substituents is 1. The van der Waals surface area contributed by atoms with Gasteiger partial charge in [-0.1, -0.05) is 24.3 Å². The zero-order chi connectivity index (χ0) is 16.4. The van der Waals surface area contributed by atoms with E-state index in [-0.39, 0.29) is 18.1 Å². The van der Waals surface area contributed by atoms with Crippen molar-refractivity contribution in [1.82, 2.24) is 0 Å². The SMILES string of the molecule is CN(CC(=O)N1CCc2ccc([N+](=O)[O-])cc21)c1ccccc1. The third kappa shape index (κ3) is 3.01. The highest BCUT2D eigenvalue weighted by atomic mass is 16.6. The van der Waals surface area contributed by atoms with Crippen LogP contribution in [0.4, 0.5) is 17.1 Å². The van der Waals surface area contributed by atoms with Crippen LogP contribution >= 0.6 is 0 Å². The topological polar surface area (TPSA) is 66.7 Å². The van der Waals surface area contributed by atoms with E-state index in [9.17, 15) is 14.9 Å². The van der Waals surface area contributed by atoms with Gasteiger partial charge in [-0.2, -0.15) is 0 Å². The number of para-hydroxylation sites is 1. The van der Waals surface area contributed by atoms with Gasteiger partial charge in [-0.15, -0.1) is 0 Å². The van der Waals surface area contributed by atoms with Crippen LogP contribution in [0.1, 0.15) is 5.56 Å². The zero-order valence-corrected chi connectivity index (χ0v) is 12.8. The number of carbonyl (C=O) groups is 1. The van der Waals surface area contributed by atoms with Gasteiger partial charge in [-0.25, -0.2) is 0 Å². The van der Waals surface area contributed by atoms with E-state index in [0.717, 1.165) is 17.7 Å². The molecule has 6 heteroatoms. The van der Waals surface area contributed by atoms with Gasteiger partial charge < -0.3 is 9.80 Å². The van der Waals surface area contributed by atoms with Crippen LogP contribution in [0.25, 0.3) is 0 Å². The molecule has 0 bridgehead atoms. The van der Waals surface area contributed by atoms with Crippen molar-refractivity contribution in [3.8, 4) is 0 Å². The van der Waals surface area contributed by atoms with Crippen LogP contribution in [-0.4, -0.2) is 31.0 Å². The number of benzene rings is 2. The van der Waals surface area contributed by atoms with Crippen molar-refractivity contribution in [2.45, 2.75) is 6.42 Å². The van der Waals surface area contributed by atoms with E-state index in [4.69, 9.17) is 0 Å². The quantitative estimate of drug-likeness (QED) is 0.643. The molecule has 0 aliphatic carbocycles. The molecule has 0 atom stereocenters. The van der Waals surface area contributed by atoms with Crippen LogP contribution in [-0.2, 0) is 11.2 Å². The zero-order valence-electron chi connectivity index (χ0n) is 12.8. The maximum atomic E-state index is 12.6. The summed E-state index contributed by atoms with van der Waals surface area (Å²) in [6.45, 7) is 0.796. The van der Waals surface area contributed by atoms with Crippen molar-refractivity contribution in [1.29, 1.82) is 0 Å². The van der Waals surface area contributed by atoms with Gasteiger partial charge in [-0.3, -0.25) is 14.9 Å². The highest BCUT2D eigenvalue weighted by Crippen LogP contribution is 2.31. The molecule has 0 spiro atoms. The van der Waals surface area contributed by atoms with E-state index in [1.165, 1.54) is 12.1 Å². The lowest BCUT2D eigenvalue weighted by atomic mass is 10.1. The van der Waals surface area contributed by atoms with Gasteiger partial charge in [0.15, 0.2) is 0 Å². The van der Waals surface area contributed by atoms with Gasteiger partial charge in [0.25, 0.3) is 5.69 Å². The first-order valence-electron chi connectivity index (χ1n) is 7.40. The summed E-state index contributed by atoms with van der Waals surface area (Å²) >= 11 is 0. The van der Waals surface area contributed by atoms with Crippen molar-refractivity contribution >= 4 is 23.0 Å². The van der Waals surface area contributed by atoms with Crippen LogP contribution in [0.15, 0.2) is 48.5 Å². The third-order valence-corrected chi connectivity index (χ3v) is 4.05. The Labute approximate surface area is 134 Å². The number of nitro groups is 1. The summed E-state index contributed by atoms with van der Waals surface area (Å²) in [4.78, 5) is 26.6. The number of non-ortho nitro benzene ring substituents is 1. The van der Waals surface area contributed by atoms with Crippen LogP contribution in [0.5, 0.6) is 0 Å². The Balaban J connectivity index is 1.78. The summed E-state index contributed by atoms with van der Waals surface area (Å²) in [6.07, 6.45) is 0.730. The lowest BCUT2D eigenvalue weighted by Crippen LogP contribution is -2.38. The molecule has 2 aromatic rings. The maximum absolute atomic E-state index is 12.6. The smallest absolute Gasteiger partial charge is 0.271 e. The van der Waals surface area contributed by atoms with E-state index < -0.39 is 4.92 Å². The first kappa shape index (κ1) is 15.0. The first-order valence-corrected chi connectivity index (χ1v) is 7.40. The molecule has 23 heavy (non-hydrogen) atoms. The number of carbonyl (C=O) groups excluding carboxylic acids is 1. The molecule has 1 heterocycles. The van der Waals surface area contributed by atoms with Gasteiger partial charge in [0.1, 0.15) is 0 Å². The van der Waals surface area contributed by atoms with Crippen LogP contribution in [0, 0.1) is 10.1 Å². The summed E-state index contributed by atoms with van der Waals surface area (Å²) in [5.74, 6) is -0.0596. The van der Waals surface area contributed by atoms with Gasteiger partial charge in [-0.05, 0) is 24.1 Å². The molecule has 118 valence electrons. The number of hydrogen-bond acceptors (Lipinski definition) is 4. The standard InChI is InChI=1S/C17H17N3O3/c1-18(14-5-3-2-4-6-14)12-17(21)19-10-9-13-7-8-15(20(22)23)11-16(13)19/h2-8,11H,9-10,12H2,1H3. The summed E-state index contributed by atoms with van der Waals surface area (Å²) < 4.78 is 0. The number of fused-ring (bicyclic) bond motifs is 1. The number of hydrogen-bond donors (Lipinski definition) is 0. The summed E-state index contributed by atoms with van der Waals surface area (Å²) in [6, 6.07) is 14.4. The Hall–Kier alpha value is -2.89. The molecule has 0 fully saturated rings. The van der Waals surface area contributed by atoms with E-state index in [0.29, 0.717) is 12.2 Å². The molecule has 0 N–H and O–H groups in total. The van der Waals surface area contributed by atoms with Gasteiger partial charge >= 0.3 is 0 Å². The largest absolute Gasteiger partial charge is 0.365 e. The van der Waals surface area contributed by atoms with E-state index in [2.05, 4.69) is 0 Å². The summed E-state index contributed by atoms with van der Waals surface area (Å²) in [7, 11) is 1.86. The molecular weight excluding hydrogens is 294 g/mol. The number of nitrogens with zero attached hydrogens (tertiary/aromatic N) is 3. The predicted octanol–water partition coefficient (Wildman–Crippen LogP) is 2.62. The molecule has 0 radical (unpaired) electrons. The minimum Gasteiger partial charge on any atom is -0.365 e. The van der Waals surface area contributed by atoms with Crippen molar-refractivity contribution in [2.24, 2.45) is 0 Å². The number of rotatable bonds is 4. The highest BCUT2D eigenvalue weighted by Gasteiger charge is 2.27. The van der Waals surface area contributed by atoms with Crippen molar-refractivity contribution in [3.05, 3.63) is 64.2 Å². The Kier molecular flexibility index (Phi) is 3.97. The van der Waals surface area contributed by atoms with Crippen LogP contribution in [0.3, 0.4) is 0 Å². The molecule has 1 aliphatic heterocycles. The second-order valence-electron chi connectivity index (χ2n) is 5.56. The van der Waals surface area contributed by atoms with Crippen LogP contribution < -0.4 is 9.80 Å². The second kappa shape index (κ2) is 6.08. The number of amides is 1. The normalized spacial score (nSPS) is 12.8. The fourth-order valence-corrected chi connectivity index (χ4v) is 2.80. The number of likely N-dealkylation sites (N-methyl/N-ethyl adjacent to an activating group) is 1. The number of anilines is 2. The molecule has 0 aromatic heterocycles. The van der Waals surface area contributed by atoms with E-state index in [1.54, 1.807) is 11.0 Å². The summed E-state index contributed by atoms with van der Waals surface area (Å²) in [5.41, 5.74) is 2.61. The molecule has 1 aliphatic rings. The molecule has 0 unspecified atom stereocenters. The maximum Gasteiger partial charge on any atom is 0.271 e. The van der Waals surface area contributed by atoms with E-state index >= 15 is 0 Å². The Morgan fingerprint density at radius 1 is 1.26 bits per heavy atom. The van der Waals surface area contributed by atoms with Gasteiger partial charge in [0, 0.05) is 31.4 Å². The summed E-state index contributed by atoms with van der Waals surface area (Å²) in [5, 5.41) is 10.9. The predicted molar refractivity (Wildman–Crippen MR) is 88.9 cm³/mol. The lowest BCUT2D eigenvalue weighted by molar-refractivity contribution is -0.384. The molecule has 1 amide bonds. The van der Waals surface area contributed by atoms with Gasteiger partial charge in [0.05, 0.1) is 17.2 Å². The molecule has 0 saturated heterocycles. The molecular formula is C17H17N3O3. The van der Waals surface area contributed by atoms with Crippen LogP contribution in [0.2, 0.25) is 0 Å². The van der Waals surface area contributed by atoms with Gasteiger partial charge in [0.2, 0.25) is 5.91 Å². The minimum absolute atomic E-state index is 0.0138. The lowest BCUT2D eigenvalue weighted by Gasteiger charge is -2.23. The Morgan fingerprint density at radius 3 is 2.70 bits per heavy atom. The Bertz CT molecular complexity index is 746. The minimum atomic E-state index is -0.433. The third-order valence-electron chi connectivity index (χ3n) is 4.05. The fraction of sp³-hybridized carbons (Fsp3) is 0.235. The van der Waals surface area contributed by atoms with Crippen molar-refractivity contribution in [3.63, 3.8) is 0 Å². The molecule has 3 rings (SSSR count). The highest BCUT2D eigenvalue weighted by molar-refractivity contribution is 5.98. The van der Waals surface area contributed by atoms with Crippen molar-refractivity contribution in [2.75, 3.05) is 29.9 Å². The molecule has 0 saturated carbocycles. The average Bonchev–Trinajstić information content (AvgIpc) is 2.98. The first-order chi connectivity index (χ1) is 11.1. The molecule has 6 nitrogen and oxygen atoms in total.